The molecule has 3 rings (SSSR count). The fourth-order valence-electron chi connectivity index (χ4n) is 3.20. The zero-order chi connectivity index (χ0) is 19.4. The molecule has 1 N–H and O–H groups in total. The number of benzene rings is 1. The molecule has 0 aliphatic carbocycles. The Kier molecular flexibility index (Phi) is 6.18. The van der Waals surface area contributed by atoms with Crippen molar-refractivity contribution in [1.82, 2.24) is 9.62 Å². The lowest BCUT2D eigenvalue weighted by molar-refractivity contribution is -0.126. The fourth-order valence-corrected chi connectivity index (χ4v) is 5.82. The van der Waals surface area contributed by atoms with Gasteiger partial charge in [-0.2, -0.15) is 4.31 Å². The van der Waals surface area contributed by atoms with Gasteiger partial charge in [-0.1, -0.05) is 18.2 Å². The first-order valence-electron chi connectivity index (χ1n) is 8.90. The van der Waals surface area contributed by atoms with E-state index in [1.807, 2.05) is 31.2 Å². The molecule has 0 spiro atoms. The number of rotatable bonds is 6. The topological polar surface area (TPSA) is 75.7 Å². The zero-order valence-electron chi connectivity index (χ0n) is 15.4. The quantitative estimate of drug-likeness (QED) is 0.797. The van der Waals surface area contributed by atoms with Gasteiger partial charge in [0, 0.05) is 19.0 Å². The summed E-state index contributed by atoms with van der Waals surface area (Å²) in [5.74, 6) is 0.587. The van der Waals surface area contributed by atoms with Crippen molar-refractivity contribution < 1.29 is 17.9 Å². The van der Waals surface area contributed by atoms with Gasteiger partial charge in [-0.15, -0.1) is 11.3 Å². The molecule has 6 nitrogen and oxygen atoms in total. The number of amides is 1. The summed E-state index contributed by atoms with van der Waals surface area (Å²) in [7, 11) is -1.82. The van der Waals surface area contributed by atoms with Crippen LogP contribution in [0.1, 0.15) is 31.4 Å². The molecule has 1 aromatic carbocycles. The number of methoxy groups -OCH3 is 1. The van der Waals surface area contributed by atoms with Crippen molar-refractivity contribution in [1.29, 1.82) is 0 Å². The smallest absolute Gasteiger partial charge is 0.252 e. The van der Waals surface area contributed by atoms with Crippen molar-refractivity contribution in [3.05, 3.63) is 47.3 Å². The summed E-state index contributed by atoms with van der Waals surface area (Å²) < 4.78 is 32.1. The second-order valence-electron chi connectivity index (χ2n) is 6.61. The van der Waals surface area contributed by atoms with Crippen molar-refractivity contribution in [2.45, 2.75) is 30.0 Å². The first kappa shape index (κ1) is 19.9. The average Bonchev–Trinajstić information content (AvgIpc) is 3.24. The highest BCUT2D eigenvalue weighted by atomic mass is 32.2. The number of carbonyl (C=O) groups excluding carboxylic acids is 1. The molecule has 0 radical (unpaired) electrons. The van der Waals surface area contributed by atoms with Crippen LogP contribution in [0, 0.1) is 5.92 Å². The molecule has 146 valence electrons. The maximum atomic E-state index is 12.6. The van der Waals surface area contributed by atoms with Crippen molar-refractivity contribution in [3.63, 3.8) is 0 Å². The summed E-state index contributed by atoms with van der Waals surface area (Å²) >= 11 is 1.22. The summed E-state index contributed by atoms with van der Waals surface area (Å²) in [6.07, 6.45) is 1.07. The number of hydrogen-bond donors (Lipinski definition) is 1. The van der Waals surface area contributed by atoms with Gasteiger partial charge in [-0.05, 0) is 48.9 Å². The Labute approximate surface area is 164 Å². The van der Waals surface area contributed by atoms with Crippen LogP contribution in [0.5, 0.6) is 5.75 Å². The van der Waals surface area contributed by atoms with Crippen LogP contribution in [-0.4, -0.2) is 38.8 Å². The fraction of sp³-hybridized carbons (Fsp3) is 0.421. The molecule has 2 heterocycles. The highest BCUT2D eigenvalue weighted by Gasteiger charge is 2.32. The Morgan fingerprint density at radius 1 is 1.22 bits per heavy atom. The first-order valence-corrected chi connectivity index (χ1v) is 11.2. The Bertz CT molecular complexity index is 856. The minimum atomic E-state index is -3.43. The van der Waals surface area contributed by atoms with Gasteiger partial charge in [0.05, 0.1) is 13.2 Å². The second-order valence-corrected chi connectivity index (χ2v) is 9.73. The lowest BCUT2D eigenvalue weighted by atomic mass is 9.96. The zero-order valence-corrected chi connectivity index (χ0v) is 17.1. The van der Waals surface area contributed by atoms with Gasteiger partial charge in [0.1, 0.15) is 9.96 Å². The van der Waals surface area contributed by atoms with E-state index >= 15 is 0 Å². The summed E-state index contributed by atoms with van der Waals surface area (Å²) in [5.41, 5.74) is 1.00. The maximum Gasteiger partial charge on any atom is 0.252 e. The Morgan fingerprint density at radius 3 is 2.44 bits per heavy atom. The minimum absolute atomic E-state index is 0.0218. The normalized spacial score (nSPS) is 17.4. The number of thiophene rings is 1. The maximum absolute atomic E-state index is 12.6. The standard InChI is InChI=1S/C19H24N2O4S2/c1-14(15-5-7-17(25-2)8-6-15)20-19(22)16-9-11-21(12-10-16)27(23,24)18-4-3-13-26-18/h3-8,13-14,16H,9-12H2,1-2H3,(H,20,22)/t14-/m0/s1. The van der Waals surface area contributed by atoms with E-state index in [0.717, 1.165) is 11.3 Å². The predicted molar refractivity (Wildman–Crippen MR) is 105 cm³/mol. The van der Waals surface area contributed by atoms with Gasteiger partial charge >= 0.3 is 0 Å². The van der Waals surface area contributed by atoms with E-state index in [4.69, 9.17) is 4.74 Å². The number of carbonyl (C=O) groups is 1. The van der Waals surface area contributed by atoms with Gasteiger partial charge in [0.2, 0.25) is 5.91 Å². The number of nitrogens with one attached hydrogen (secondary N) is 1. The van der Waals surface area contributed by atoms with Crippen LogP contribution in [0.25, 0.3) is 0 Å². The van der Waals surface area contributed by atoms with Crippen molar-refractivity contribution in [2.24, 2.45) is 5.92 Å². The highest BCUT2D eigenvalue weighted by Crippen LogP contribution is 2.27. The Balaban J connectivity index is 1.55. The molecule has 27 heavy (non-hydrogen) atoms. The SMILES string of the molecule is COc1ccc([C@H](C)NC(=O)C2CCN(S(=O)(=O)c3cccs3)CC2)cc1. The van der Waals surface area contributed by atoms with Gasteiger partial charge in [-0.25, -0.2) is 8.42 Å². The molecule has 0 unspecified atom stereocenters. The van der Waals surface area contributed by atoms with Gasteiger partial charge in [0.25, 0.3) is 10.0 Å². The lowest BCUT2D eigenvalue weighted by Crippen LogP contribution is -2.43. The van der Waals surface area contributed by atoms with Crippen LogP contribution >= 0.6 is 11.3 Å². The van der Waals surface area contributed by atoms with E-state index in [-0.39, 0.29) is 17.9 Å². The number of ether oxygens (including phenoxy) is 1. The summed E-state index contributed by atoms with van der Waals surface area (Å²) in [5, 5.41) is 4.80. The summed E-state index contributed by atoms with van der Waals surface area (Å²) in [6, 6.07) is 10.8. The third kappa shape index (κ3) is 4.51. The molecule has 8 heteroatoms. The second kappa shape index (κ2) is 8.41. The van der Waals surface area contributed by atoms with E-state index in [0.29, 0.717) is 30.1 Å². The van der Waals surface area contributed by atoms with E-state index in [2.05, 4.69) is 5.32 Å². The summed E-state index contributed by atoms with van der Waals surface area (Å²) in [6.45, 7) is 2.68. The van der Waals surface area contributed by atoms with Crippen LogP contribution in [-0.2, 0) is 14.8 Å². The molecule has 1 aromatic heterocycles. The van der Waals surface area contributed by atoms with E-state index < -0.39 is 10.0 Å². The Hall–Kier alpha value is -1.90. The molecule has 2 aromatic rings. The van der Waals surface area contributed by atoms with Crippen LogP contribution < -0.4 is 10.1 Å². The van der Waals surface area contributed by atoms with Crippen LogP contribution in [0.4, 0.5) is 0 Å². The van der Waals surface area contributed by atoms with Gasteiger partial charge < -0.3 is 10.1 Å². The van der Waals surface area contributed by atoms with Crippen LogP contribution in [0.2, 0.25) is 0 Å². The third-order valence-corrected chi connectivity index (χ3v) is 8.16. The Morgan fingerprint density at radius 2 is 1.89 bits per heavy atom. The first-order chi connectivity index (χ1) is 12.9. The number of sulfonamides is 1. The number of piperidine rings is 1. The van der Waals surface area contributed by atoms with Crippen molar-refractivity contribution >= 4 is 27.3 Å². The number of nitrogens with zero attached hydrogens (tertiary/aromatic N) is 1. The molecule has 1 aliphatic heterocycles. The lowest BCUT2D eigenvalue weighted by Gasteiger charge is -2.30. The minimum Gasteiger partial charge on any atom is -0.497 e. The van der Waals surface area contributed by atoms with Crippen molar-refractivity contribution in [2.75, 3.05) is 20.2 Å². The number of hydrogen-bond acceptors (Lipinski definition) is 5. The predicted octanol–water partition coefficient (Wildman–Crippen LogP) is 3.03. The molecule has 1 fully saturated rings. The molecule has 0 bridgehead atoms. The van der Waals surface area contributed by atoms with Crippen LogP contribution in [0.3, 0.4) is 0 Å². The molecule has 1 amide bonds. The highest BCUT2D eigenvalue weighted by molar-refractivity contribution is 7.91. The van der Waals surface area contributed by atoms with E-state index in [9.17, 15) is 13.2 Å². The molecule has 1 atom stereocenters. The van der Waals surface area contributed by atoms with Crippen LogP contribution in [0.15, 0.2) is 46.0 Å². The van der Waals surface area contributed by atoms with Gasteiger partial charge in [-0.3, -0.25) is 4.79 Å². The van der Waals surface area contributed by atoms with Crippen molar-refractivity contribution in [3.8, 4) is 5.75 Å². The molecule has 1 saturated heterocycles. The average molecular weight is 409 g/mol. The molecular formula is C19H24N2O4S2. The summed E-state index contributed by atoms with van der Waals surface area (Å²) in [4.78, 5) is 12.6. The van der Waals surface area contributed by atoms with E-state index in [1.165, 1.54) is 15.6 Å². The molecule has 0 saturated carbocycles. The monoisotopic (exact) mass is 408 g/mol. The van der Waals surface area contributed by atoms with E-state index in [1.54, 1.807) is 24.6 Å². The third-order valence-electron chi connectivity index (χ3n) is 4.89. The van der Waals surface area contributed by atoms with Gasteiger partial charge in [0.15, 0.2) is 0 Å². The largest absolute Gasteiger partial charge is 0.497 e. The molecular weight excluding hydrogens is 384 g/mol. The molecule has 1 aliphatic rings.